The Bertz CT molecular complexity index is 233. The minimum atomic E-state index is -0.270. The number of rotatable bonds is 6. The lowest BCUT2D eigenvalue weighted by Gasteiger charge is -2.18. The van der Waals surface area contributed by atoms with E-state index in [9.17, 15) is 10.2 Å². The molecule has 1 unspecified atom stereocenters. The van der Waals surface area contributed by atoms with Crippen LogP contribution in [0.1, 0.15) is 45.4 Å². The zero-order chi connectivity index (χ0) is 11.8. The molecule has 0 aromatic rings. The highest BCUT2D eigenvalue weighted by atomic mass is 16.3. The van der Waals surface area contributed by atoms with Crippen molar-refractivity contribution >= 4 is 0 Å². The highest BCUT2D eigenvalue weighted by Gasteiger charge is 2.12. The molecular formula is C14H24O2. The van der Waals surface area contributed by atoms with E-state index in [2.05, 4.69) is 19.1 Å². The lowest BCUT2D eigenvalue weighted by atomic mass is 9.90. The normalized spacial score (nSPS) is 27.4. The van der Waals surface area contributed by atoms with Crippen molar-refractivity contribution in [3.05, 3.63) is 24.3 Å². The maximum absolute atomic E-state index is 9.49. The molecule has 0 radical (unpaired) electrons. The highest BCUT2D eigenvalue weighted by molar-refractivity contribution is 4.99. The van der Waals surface area contributed by atoms with Crippen molar-refractivity contribution in [1.82, 2.24) is 0 Å². The number of hydrogen-bond acceptors (Lipinski definition) is 2. The monoisotopic (exact) mass is 224 g/mol. The van der Waals surface area contributed by atoms with Gasteiger partial charge in [0.25, 0.3) is 0 Å². The molecule has 0 heterocycles. The minimum Gasteiger partial charge on any atom is -0.389 e. The van der Waals surface area contributed by atoms with E-state index >= 15 is 0 Å². The first kappa shape index (κ1) is 13.5. The topological polar surface area (TPSA) is 40.5 Å². The maximum atomic E-state index is 9.49. The summed E-state index contributed by atoms with van der Waals surface area (Å²) in [4.78, 5) is 0. The second kappa shape index (κ2) is 7.64. The van der Waals surface area contributed by atoms with E-state index in [1.165, 1.54) is 0 Å². The van der Waals surface area contributed by atoms with E-state index in [4.69, 9.17) is 0 Å². The highest BCUT2D eigenvalue weighted by Crippen LogP contribution is 2.22. The second-order valence-electron chi connectivity index (χ2n) is 4.65. The van der Waals surface area contributed by atoms with Crippen LogP contribution in [0, 0.1) is 5.92 Å². The molecule has 2 N–H and O–H groups in total. The Hall–Kier alpha value is -0.600. The molecule has 2 nitrogen and oxygen atoms in total. The zero-order valence-electron chi connectivity index (χ0n) is 10.2. The molecule has 1 aliphatic rings. The number of allylic oxidation sites excluding steroid dienone is 2. The van der Waals surface area contributed by atoms with Crippen LogP contribution in [0.3, 0.4) is 0 Å². The summed E-state index contributed by atoms with van der Waals surface area (Å²) >= 11 is 0. The summed E-state index contributed by atoms with van der Waals surface area (Å²) in [6, 6.07) is 0. The van der Waals surface area contributed by atoms with Crippen molar-refractivity contribution in [1.29, 1.82) is 0 Å². The molecule has 0 aromatic carbocycles. The first-order valence-electron chi connectivity index (χ1n) is 6.43. The average molecular weight is 224 g/mol. The van der Waals surface area contributed by atoms with Crippen LogP contribution >= 0.6 is 0 Å². The first-order chi connectivity index (χ1) is 7.72. The van der Waals surface area contributed by atoms with Crippen molar-refractivity contribution in [2.45, 2.75) is 57.7 Å². The van der Waals surface area contributed by atoms with E-state index in [0.717, 1.165) is 38.5 Å². The van der Waals surface area contributed by atoms with Gasteiger partial charge in [-0.1, -0.05) is 37.6 Å². The molecule has 1 rings (SSSR count). The van der Waals surface area contributed by atoms with Gasteiger partial charge < -0.3 is 10.2 Å². The average Bonchev–Trinajstić information content (AvgIpc) is 2.27. The molecule has 3 atom stereocenters. The van der Waals surface area contributed by atoms with Crippen LogP contribution < -0.4 is 0 Å². The molecule has 0 amide bonds. The van der Waals surface area contributed by atoms with Gasteiger partial charge in [0.05, 0.1) is 12.2 Å². The quantitative estimate of drug-likeness (QED) is 0.681. The molecule has 92 valence electrons. The molecule has 0 aromatic heterocycles. The first-order valence-corrected chi connectivity index (χ1v) is 6.43. The van der Waals surface area contributed by atoms with Crippen LogP contribution in [0.15, 0.2) is 24.3 Å². The molecule has 0 saturated heterocycles. The van der Waals surface area contributed by atoms with Gasteiger partial charge in [0.2, 0.25) is 0 Å². The van der Waals surface area contributed by atoms with Gasteiger partial charge in [0.1, 0.15) is 0 Å². The maximum Gasteiger partial charge on any atom is 0.0721 e. The molecule has 2 heteroatoms. The Balaban J connectivity index is 2.13. The van der Waals surface area contributed by atoms with Gasteiger partial charge >= 0.3 is 0 Å². The van der Waals surface area contributed by atoms with Crippen molar-refractivity contribution in [3.8, 4) is 0 Å². The Labute approximate surface area is 98.7 Å². The van der Waals surface area contributed by atoms with Crippen molar-refractivity contribution in [3.63, 3.8) is 0 Å². The summed E-state index contributed by atoms with van der Waals surface area (Å²) in [6.45, 7) is 2.08. The van der Waals surface area contributed by atoms with E-state index in [-0.39, 0.29) is 12.2 Å². The number of aliphatic hydroxyl groups excluding tert-OH is 2. The number of aliphatic hydroxyl groups is 2. The van der Waals surface area contributed by atoms with Crippen molar-refractivity contribution < 1.29 is 10.2 Å². The Morgan fingerprint density at radius 3 is 2.81 bits per heavy atom. The summed E-state index contributed by atoms with van der Waals surface area (Å²) in [6.07, 6.45) is 13.5. The third kappa shape index (κ3) is 5.47. The summed E-state index contributed by atoms with van der Waals surface area (Å²) in [5.74, 6) is 0.608. The van der Waals surface area contributed by atoms with Gasteiger partial charge in [-0.25, -0.2) is 0 Å². The van der Waals surface area contributed by atoms with Crippen LogP contribution in [0.5, 0.6) is 0 Å². The molecule has 0 fully saturated rings. The zero-order valence-corrected chi connectivity index (χ0v) is 10.2. The van der Waals surface area contributed by atoms with E-state index in [1.807, 2.05) is 12.2 Å². The fraction of sp³-hybridized carbons (Fsp3) is 0.714. The number of hydrogen-bond donors (Lipinski definition) is 2. The largest absolute Gasteiger partial charge is 0.389 e. The molecule has 0 bridgehead atoms. The third-order valence-electron chi connectivity index (χ3n) is 3.09. The molecule has 16 heavy (non-hydrogen) atoms. The second-order valence-corrected chi connectivity index (χ2v) is 4.65. The van der Waals surface area contributed by atoms with Gasteiger partial charge in [0.15, 0.2) is 0 Å². The van der Waals surface area contributed by atoms with E-state index in [1.54, 1.807) is 0 Å². The summed E-state index contributed by atoms with van der Waals surface area (Å²) in [5.41, 5.74) is 0. The molecule has 1 aliphatic carbocycles. The fourth-order valence-electron chi connectivity index (χ4n) is 2.06. The van der Waals surface area contributed by atoms with Crippen molar-refractivity contribution in [2.24, 2.45) is 5.92 Å². The van der Waals surface area contributed by atoms with Crippen LogP contribution in [-0.2, 0) is 0 Å². The summed E-state index contributed by atoms with van der Waals surface area (Å²) in [7, 11) is 0. The van der Waals surface area contributed by atoms with Crippen molar-refractivity contribution in [2.75, 3.05) is 0 Å². The predicted octanol–water partition coefficient (Wildman–Crippen LogP) is 2.81. The molecule has 0 aliphatic heterocycles. The minimum absolute atomic E-state index is 0.224. The standard InChI is InChI=1S/C14H24O2/c1-2-5-13(15)7-4-3-6-12-8-10-14(16)11-9-12/h4,7-8,10,12-16H,2-3,5-6,9,11H2,1H3/b7-4-/t12?,13-,14-/m1/s1. The Kier molecular flexibility index (Phi) is 6.43. The van der Waals surface area contributed by atoms with Crippen LogP contribution in [0.25, 0.3) is 0 Å². The lowest BCUT2D eigenvalue weighted by molar-refractivity contribution is 0.193. The fourth-order valence-corrected chi connectivity index (χ4v) is 2.06. The Morgan fingerprint density at radius 1 is 1.38 bits per heavy atom. The third-order valence-corrected chi connectivity index (χ3v) is 3.09. The predicted molar refractivity (Wildman–Crippen MR) is 67.2 cm³/mol. The summed E-state index contributed by atoms with van der Waals surface area (Å²) in [5, 5.41) is 18.8. The van der Waals surface area contributed by atoms with E-state index in [0.29, 0.717) is 5.92 Å². The van der Waals surface area contributed by atoms with Crippen LogP contribution in [0.2, 0.25) is 0 Å². The van der Waals surface area contributed by atoms with E-state index < -0.39 is 0 Å². The summed E-state index contributed by atoms with van der Waals surface area (Å²) < 4.78 is 0. The van der Waals surface area contributed by atoms with Gasteiger partial charge in [-0.3, -0.25) is 0 Å². The lowest BCUT2D eigenvalue weighted by Crippen LogP contribution is -2.11. The smallest absolute Gasteiger partial charge is 0.0721 e. The molecule has 0 spiro atoms. The van der Waals surface area contributed by atoms with Gasteiger partial charge in [-0.15, -0.1) is 0 Å². The van der Waals surface area contributed by atoms with Crippen LogP contribution in [0.4, 0.5) is 0 Å². The Morgan fingerprint density at radius 2 is 2.19 bits per heavy atom. The van der Waals surface area contributed by atoms with Gasteiger partial charge in [-0.2, -0.15) is 0 Å². The van der Waals surface area contributed by atoms with Gasteiger partial charge in [0, 0.05) is 0 Å². The van der Waals surface area contributed by atoms with Gasteiger partial charge in [-0.05, 0) is 38.0 Å². The molecular weight excluding hydrogens is 200 g/mol. The van der Waals surface area contributed by atoms with Crippen LogP contribution in [-0.4, -0.2) is 22.4 Å². The molecule has 0 saturated carbocycles. The SMILES string of the molecule is CCC[C@@H](O)/C=C\CCC1C=C[C@@H](O)CC1.